The maximum atomic E-state index is 11.2. The lowest BCUT2D eigenvalue weighted by Gasteiger charge is -2.30. The summed E-state index contributed by atoms with van der Waals surface area (Å²) in [6.45, 7) is -1.23. The Morgan fingerprint density at radius 3 is 2.00 bits per heavy atom. The Hall–Kier alpha value is 0.220. The molecule has 0 aliphatic heterocycles. The summed E-state index contributed by atoms with van der Waals surface area (Å²) in [6, 6.07) is 0. The van der Waals surface area contributed by atoms with Gasteiger partial charge >= 0.3 is 15.2 Å². The highest BCUT2D eigenvalue weighted by atomic mass is 31.2. The van der Waals surface area contributed by atoms with Crippen molar-refractivity contribution in [2.24, 2.45) is 0 Å². The van der Waals surface area contributed by atoms with Crippen molar-refractivity contribution < 1.29 is 37.9 Å². The third kappa shape index (κ3) is 5.61. The van der Waals surface area contributed by atoms with Gasteiger partial charge in [-0.15, -0.1) is 0 Å². The van der Waals surface area contributed by atoms with E-state index in [1.54, 1.807) is 0 Å². The number of unbranched alkanes of at least 4 members (excludes halogenated alkanes) is 2. The fraction of sp³-hybridized carbons (Fsp3) is 1.00. The van der Waals surface area contributed by atoms with E-state index < -0.39 is 40.2 Å². The van der Waals surface area contributed by atoms with E-state index in [4.69, 9.17) is 23.7 Å². The first-order valence-electron chi connectivity index (χ1n) is 7.25. The SMILES string of the molecule is [2H][13C]([2H])([2H])N(CCCCC)CCC(O)(P(=O)(O)O)P(=O)(O)O. The monoisotopic (exact) mass is 323 g/mol. The average Bonchev–Trinajstić information content (AvgIpc) is 2.28. The average molecular weight is 323 g/mol. The third-order valence-electron chi connectivity index (χ3n) is 2.68. The molecule has 8 nitrogen and oxygen atoms in total. The van der Waals surface area contributed by atoms with E-state index in [2.05, 4.69) is 0 Å². The smallest absolute Gasteiger partial charge is 0.367 e. The molecular formula is C9H23NO7P2. The van der Waals surface area contributed by atoms with Gasteiger partial charge in [-0.2, -0.15) is 0 Å². The Bertz CT molecular complexity index is 425. The van der Waals surface area contributed by atoms with E-state index in [-0.39, 0.29) is 6.54 Å². The normalized spacial score (nSPS) is 17.1. The van der Waals surface area contributed by atoms with Crippen LogP contribution in [0, 0.1) is 0 Å². The highest BCUT2D eigenvalue weighted by Gasteiger charge is 2.58. The molecule has 0 aliphatic rings. The Morgan fingerprint density at radius 2 is 1.63 bits per heavy atom. The minimum atomic E-state index is -5.57. The number of rotatable bonds is 9. The minimum absolute atomic E-state index is 0.0583. The van der Waals surface area contributed by atoms with Crippen molar-refractivity contribution in [3.05, 3.63) is 0 Å². The lowest BCUT2D eigenvalue weighted by molar-refractivity contribution is 0.112. The zero-order valence-corrected chi connectivity index (χ0v) is 12.4. The second kappa shape index (κ2) is 7.29. The Kier molecular flexibility index (Phi) is 5.44. The summed E-state index contributed by atoms with van der Waals surface area (Å²) in [4.78, 5) is 36.9. The summed E-state index contributed by atoms with van der Waals surface area (Å²) < 4.78 is 44.4. The molecule has 10 heteroatoms. The topological polar surface area (TPSA) is 139 Å². The molecule has 0 aliphatic carbocycles. The third-order valence-corrected chi connectivity index (χ3v) is 6.56. The van der Waals surface area contributed by atoms with E-state index in [0.717, 1.165) is 17.7 Å². The number of aliphatic hydroxyl groups is 1. The Labute approximate surface area is 117 Å². The molecule has 0 unspecified atom stereocenters. The van der Waals surface area contributed by atoms with Crippen LogP contribution in [0.4, 0.5) is 0 Å². The van der Waals surface area contributed by atoms with Gasteiger partial charge in [-0.25, -0.2) is 0 Å². The van der Waals surface area contributed by atoms with Gasteiger partial charge in [0.2, 0.25) is 0 Å². The van der Waals surface area contributed by atoms with Crippen molar-refractivity contribution in [1.29, 1.82) is 0 Å². The van der Waals surface area contributed by atoms with Crippen LogP contribution in [0.3, 0.4) is 0 Å². The van der Waals surface area contributed by atoms with E-state index in [9.17, 15) is 14.2 Å². The number of hydrogen-bond acceptors (Lipinski definition) is 4. The first kappa shape index (κ1) is 14.2. The largest absolute Gasteiger partial charge is 0.369 e. The maximum absolute atomic E-state index is 11.2. The minimum Gasteiger partial charge on any atom is -0.367 e. The van der Waals surface area contributed by atoms with Gasteiger partial charge in [0.25, 0.3) is 5.08 Å². The first-order chi connectivity index (χ1) is 9.67. The van der Waals surface area contributed by atoms with Crippen LogP contribution in [-0.4, -0.2) is 54.7 Å². The predicted octanol–water partition coefficient (Wildman–Crippen LogP) is 0.500. The number of hydrogen-bond donors (Lipinski definition) is 5. The van der Waals surface area contributed by atoms with E-state index in [1.165, 1.54) is 0 Å². The van der Waals surface area contributed by atoms with Crippen molar-refractivity contribution in [3.63, 3.8) is 0 Å². The molecule has 0 atom stereocenters. The molecule has 0 aromatic heterocycles. The number of nitrogens with zero attached hydrogens (tertiary/aromatic N) is 1. The fourth-order valence-electron chi connectivity index (χ4n) is 1.41. The summed E-state index contributed by atoms with van der Waals surface area (Å²) in [7, 11) is -11.1. The summed E-state index contributed by atoms with van der Waals surface area (Å²) in [5, 5.41) is 6.14. The molecule has 0 bridgehead atoms. The van der Waals surface area contributed by atoms with Gasteiger partial charge in [-0.3, -0.25) is 9.13 Å². The predicted molar refractivity (Wildman–Crippen MR) is 70.7 cm³/mol. The van der Waals surface area contributed by atoms with Crippen LogP contribution in [0.5, 0.6) is 0 Å². The van der Waals surface area contributed by atoms with Crippen LogP contribution in [0.15, 0.2) is 0 Å². The molecule has 0 rings (SSSR count). The van der Waals surface area contributed by atoms with Crippen molar-refractivity contribution in [2.75, 3.05) is 20.1 Å². The van der Waals surface area contributed by atoms with Crippen LogP contribution in [0.2, 0.25) is 0 Å². The van der Waals surface area contributed by atoms with Crippen LogP contribution in [0.1, 0.15) is 36.7 Å². The van der Waals surface area contributed by atoms with Gasteiger partial charge in [0.05, 0.1) is 0 Å². The molecule has 0 saturated heterocycles. The van der Waals surface area contributed by atoms with Gasteiger partial charge in [0, 0.05) is 17.1 Å². The zero-order valence-electron chi connectivity index (χ0n) is 13.6. The van der Waals surface area contributed by atoms with Gasteiger partial charge in [-0.05, 0) is 19.9 Å². The molecule has 0 aromatic carbocycles. The highest BCUT2D eigenvalue weighted by Crippen LogP contribution is 2.68. The van der Waals surface area contributed by atoms with Gasteiger partial charge in [0.1, 0.15) is 0 Å². The van der Waals surface area contributed by atoms with Gasteiger partial charge in [0.15, 0.2) is 0 Å². The van der Waals surface area contributed by atoms with Crippen molar-refractivity contribution in [2.45, 2.75) is 37.7 Å². The van der Waals surface area contributed by atoms with Gasteiger partial charge < -0.3 is 29.6 Å². The standard InChI is InChI=1S/C9H23NO7P2/c1-3-4-5-7-10(2)8-6-9(11,18(12,13)14)19(15,16)17/h11H,3-8H2,1-2H3,(H2,12,13,14)(H2,15,16,17)/i2+1D3. The van der Waals surface area contributed by atoms with Crippen LogP contribution in [0.25, 0.3) is 0 Å². The Balaban J connectivity index is 5.15. The van der Waals surface area contributed by atoms with Crippen molar-refractivity contribution in [1.82, 2.24) is 4.90 Å². The first-order valence-corrected chi connectivity index (χ1v) is 8.98. The summed E-state index contributed by atoms with van der Waals surface area (Å²) in [6.07, 6.45) is 0.989. The molecule has 0 spiro atoms. The van der Waals surface area contributed by atoms with E-state index in [1.807, 2.05) is 6.92 Å². The molecule has 5 N–H and O–H groups in total. The highest BCUT2D eigenvalue weighted by molar-refractivity contribution is 7.72. The molecule has 0 fully saturated rings. The molecule has 0 heterocycles. The summed E-state index contributed by atoms with van der Waals surface area (Å²) in [5.41, 5.74) is 0. The lowest BCUT2D eigenvalue weighted by Crippen LogP contribution is -2.34. The fourth-order valence-corrected chi connectivity index (χ4v) is 3.55. The quantitative estimate of drug-likeness (QED) is 0.235. The molecule has 116 valence electrons. The summed E-state index contributed by atoms with van der Waals surface area (Å²) in [5.74, 6) is 0. The van der Waals surface area contributed by atoms with E-state index in [0.29, 0.717) is 6.42 Å². The second-order valence-corrected chi connectivity index (χ2v) is 8.32. The van der Waals surface area contributed by atoms with Crippen molar-refractivity contribution in [3.8, 4) is 0 Å². The van der Waals surface area contributed by atoms with E-state index >= 15 is 0 Å². The van der Waals surface area contributed by atoms with Crippen LogP contribution in [-0.2, 0) is 9.13 Å². The molecule has 0 amide bonds. The zero-order chi connectivity index (χ0) is 17.8. The van der Waals surface area contributed by atoms with Crippen LogP contribution >= 0.6 is 15.2 Å². The molecular weight excluding hydrogens is 297 g/mol. The second-order valence-electron chi connectivity index (χ2n) is 4.31. The van der Waals surface area contributed by atoms with Gasteiger partial charge in [-0.1, -0.05) is 19.8 Å². The molecule has 0 radical (unpaired) electrons. The van der Waals surface area contributed by atoms with Crippen LogP contribution < -0.4 is 0 Å². The molecule has 0 aromatic rings. The Morgan fingerprint density at radius 1 is 1.11 bits per heavy atom. The maximum Gasteiger partial charge on any atom is 0.369 e. The molecule has 19 heavy (non-hydrogen) atoms. The summed E-state index contributed by atoms with van der Waals surface area (Å²) >= 11 is 0. The lowest BCUT2D eigenvalue weighted by atomic mass is 10.2. The van der Waals surface area contributed by atoms with Crippen molar-refractivity contribution >= 4 is 15.2 Å². The molecule has 0 saturated carbocycles.